The SMILES string of the molecule is CCC(CCCS(=O)c1ccc(C)c(C)c1)NC. The molecule has 0 radical (unpaired) electrons. The normalized spacial score (nSPS) is 14.4. The molecule has 0 saturated carbocycles. The van der Waals surface area contributed by atoms with Crippen LogP contribution in [-0.4, -0.2) is 23.1 Å². The second kappa shape index (κ2) is 7.70. The smallest absolute Gasteiger partial charge is 0.0529 e. The second-order valence-electron chi connectivity index (χ2n) is 4.83. The van der Waals surface area contributed by atoms with E-state index in [0.29, 0.717) is 6.04 Å². The summed E-state index contributed by atoms with van der Waals surface area (Å²) < 4.78 is 12.2. The van der Waals surface area contributed by atoms with Crippen LogP contribution in [0.5, 0.6) is 0 Å². The van der Waals surface area contributed by atoms with Gasteiger partial charge in [0.05, 0.1) is 10.8 Å². The van der Waals surface area contributed by atoms with E-state index in [0.717, 1.165) is 29.9 Å². The van der Waals surface area contributed by atoms with Gasteiger partial charge in [0.15, 0.2) is 0 Å². The summed E-state index contributed by atoms with van der Waals surface area (Å²) in [5.41, 5.74) is 2.49. The summed E-state index contributed by atoms with van der Waals surface area (Å²) in [5, 5.41) is 3.28. The average Bonchev–Trinajstić information content (AvgIpc) is 2.37. The minimum atomic E-state index is -0.850. The van der Waals surface area contributed by atoms with Crippen molar-refractivity contribution in [3.8, 4) is 0 Å². The lowest BCUT2D eigenvalue weighted by Gasteiger charge is -2.13. The van der Waals surface area contributed by atoms with Crippen LogP contribution < -0.4 is 5.32 Å². The molecule has 102 valence electrons. The van der Waals surface area contributed by atoms with Crippen LogP contribution in [-0.2, 0) is 10.8 Å². The predicted octanol–water partition coefficient (Wildman–Crippen LogP) is 3.19. The average molecular weight is 267 g/mol. The van der Waals surface area contributed by atoms with Gasteiger partial charge in [-0.05, 0) is 63.4 Å². The van der Waals surface area contributed by atoms with Crippen molar-refractivity contribution in [1.82, 2.24) is 5.32 Å². The van der Waals surface area contributed by atoms with E-state index in [-0.39, 0.29) is 0 Å². The highest BCUT2D eigenvalue weighted by atomic mass is 32.2. The molecule has 0 aliphatic rings. The first-order valence-electron chi connectivity index (χ1n) is 6.71. The maximum atomic E-state index is 12.2. The van der Waals surface area contributed by atoms with Gasteiger partial charge in [-0.2, -0.15) is 0 Å². The third kappa shape index (κ3) is 4.54. The van der Waals surface area contributed by atoms with E-state index in [1.54, 1.807) is 0 Å². The summed E-state index contributed by atoms with van der Waals surface area (Å²) in [5.74, 6) is 0.765. The molecule has 1 aromatic carbocycles. The molecular formula is C15H25NOS. The Morgan fingerprint density at radius 3 is 2.56 bits per heavy atom. The van der Waals surface area contributed by atoms with E-state index in [1.807, 2.05) is 13.1 Å². The van der Waals surface area contributed by atoms with E-state index in [9.17, 15) is 4.21 Å². The van der Waals surface area contributed by atoms with Gasteiger partial charge < -0.3 is 5.32 Å². The van der Waals surface area contributed by atoms with Crippen molar-refractivity contribution < 1.29 is 4.21 Å². The summed E-state index contributed by atoms with van der Waals surface area (Å²) in [7, 11) is 1.14. The Morgan fingerprint density at radius 1 is 1.28 bits per heavy atom. The lowest BCUT2D eigenvalue weighted by Crippen LogP contribution is -2.24. The fourth-order valence-electron chi connectivity index (χ4n) is 1.99. The summed E-state index contributed by atoms with van der Waals surface area (Å²) in [6.07, 6.45) is 3.25. The second-order valence-corrected chi connectivity index (χ2v) is 6.40. The summed E-state index contributed by atoms with van der Waals surface area (Å²) in [6.45, 7) is 6.34. The lowest BCUT2D eigenvalue weighted by molar-refractivity contribution is 0.503. The van der Waals surface area contributed by atoms with E-state index in [4.69, 9.17) is 0 Å². The van der Waals surface area contributed by atoms with E-state index in [2.05, 4.69) is 38.2 Å². The highest BCUT2D eigenvalue weighted by Crippen LogP contribution is 2.14. The van der Waals surface area contributed by atoms with Crippen molar-refractivity contribution in [2.75, 3.05) is 12.8 Å². The van der Waals surface area contributed by atoms with Crippen LogP contribution in [0.15, 0.2) is 23.1 Å². The first-order valence-corrected chi connectivity index (χ1v) is 8.03. The number of hydrogen-bond donors (Lipinski definition) is 1. The molecular weight excluding hydrogens is 242 g/mol. The van der Waals surface area contributed by atoms with Crippen LogP contribution in [0.2, 0.25) is 0 Å². The zero-order valence-corrected chi connectivity index (χ0v) is 12.8. The number of hydrogen-bond acceptors (Lipinski definition) is 2. The molecule has 0 heterocycles. The third-order valence-corrected chi connectivity index (χ3v) is 4.96. The van der Waals surface area contributed by atoms with Crippen LogP contribution in [0.25, 0.3) is 0 Å². The van der Waals surface area contributed by atoms with E-state index in [1.165, 1.54) is 11.1 Å². The predicted molar refractivity (Wildman–Crippen MR) is 79.6 cm³/mol. The molecule has 0 aliphatic heterocycles. The molecule has 1 aromatic rings. The summed E-state index contributed by atoms with van der Waals surface area (Å²) in [6, 6.07) is 6.67. The molecule has 2 atom stereocenters. The van der Waals surface area contributed by atoms with Gasteiger partial charge in [-0.15, -0.1) is 0 Å². The lowest BCUT2D eigenvalue weighted by atomic mass is 10.1. The molecule has 0 spiro atoms. The highest BCUT2D eigenvalue weighted by Gasteiger charge is 2.07. The van der Waals surface area contributed by atoms with E-state index >= 15 is 0 Å². The first-order chi connectivity index (χ1) is 8.58. The van der Waals surface area contributed by atoms with Crippen LogP contribution in [0.1, 0.15) is 37.3 Å². The number of rotatable bonds is 7. The Hall–Kier alpha value is -0.670. The maximum absolute atomic E-state index is 12.2. The molecule has 18 heavy (non-hydrogen) atoms. The van der Waals surface area contributed by atoms with Gasteiger partial charge >= 0.3 is 0 Å². The molecule has 2 nitrogen and oxygen atoms in total. The van der Waals surface area contributed by atoms with Crippen molar-refractivity contribution in [3.05, 3.63) is 29.3 Å². The zero-order chi connectivity index (χ0) is 13.5. The minimum Gasteiger partial charge on any atom is -0.317 e. The number of nitrogens with one attached hydrogen (secondary N) is 1. The van der Waals surface area contributed by atoms with Crippen molar-refractivity contribution in [3.63, 3.8) is 0 Å². The van der Waals surface area contributed by atoms with E-state index < -0.39 is 10.8 Å². The summed E-state index contributed by atoms with van der Waals surface area (Å²) in [4.78, 5) is 0.968. The molecule has 0 saturated heterocycles. The Balaban J connectivity index is 2.48. The van der Waals surface area contributed by atoms with Gasteiger partial charge in [0, 0.05) is 16.7 Å². The van der Waals surface area contributed by atoms with Crippen LogP contribution in [0.3, 0.4) is 0 Å². The largest absolute Gasteiger partial charge is 0.317 e. The highest BCUT2D eigenvalue weighted by molar-refractivity contribution is 7.85. The molecule has 0 amide bonds. The molecule has 0 fully saturated rings. The van der Waals surface area contributed by atoms with Crippen LogP contribution >= 0.6 is 0 Å². The Bertz CT molecular complexity index is 399. The number of aryl methyl sites for hydroxylation is 2. The van der Waals surface area contributed by atoms with Crippen molar-refractivity contribution in [2.45, 2.75) is 51.0 Å². The number of benzene rings is 1. The molecule has 0 aliphatic carbocycles. The molecule has 0 bridgehead atoms. The summed E-state index contributed by atoms with van der Waals surface area (Å²) >= 11 is 0. The van der Waals surface area contributed by atoms with Gasteiger partial charge in [-0.25, -0.2) is 0 Å². The molecule has 2 unspecified atom stereocenters. The monoisotopic (exact) mass is 267 g/mol. The van der Waals surface area contributed by atoms with Crippen molar-refractivity contribution >= 4 is 10.8 Å². The van der Waals surface area contributed by atoms with Gasteiger partial charge in [-0.1, -0.05) is 13.0 Å². The van der Waals surface area contributed by atoms with Crippen molar-refractivity contribution in [1.29, 1.82) is 0 Å². The minimum absolute atomic E-state index is 0.557. The quantitative estimate of drug-likeness (QED) is 0.822. The molecule has 1 N–H and O–H groups in total. The first kappa shape index (κ1) is 15.4. The molecule has 3 heteroatoms. The van der Waals surface area contributed by atoms with Gasteiger partial charge in [0.25, 0.3) is 0 Å². The fourth-order valence-corrected chi connectivity index (χ4v) is 3.18. The fraction of sp³-hybridized carbons (Fsp3) is 0.600. The van der Waals surface area contributed by atoms with Gasteiger partial charge in [0.1, 0.15) is 0 Å². The Morgan fingerprint density at radius 2 is 2.00 bits per heavy atom. The van der Waals surface area contributed by atoms with Crippen LogP contribution in [0.4, 0.5) is 0 Å². The standard InChI is InChI=1S/C15H25NOS/c1-5-14(16-4)7-6-10-18(17)15-9-8-12(2)13(3)11-15/h8-9,11,14,16H,5-7,10H2,1-4H3. The van der Waals surface area contributed by atoms with Gasteiger partial charge in [0.2, 0.25) is 0 Å². The third-order valence-electron chi connectivity index (χ3n) is 3.52. The Labute approximate surface area is 114 Å². The zero-order valence-electron chi connectivity index (χ0n) is 12.0. The van der Waals surface area contributed by atoms with Crippen molar-refractivity contribution in [2.24, 2.45) is 0 Å². The molecule has 0 aromatic heterocycles. The van der Waals surface area contributed by atoms with Gasteiger partial charge in [-0.3, -0.25) is 4.21 Å². The Kier molecular flexibility index (Phi) is 6.58. The maximum Gasteiger partial charge on any atom is 0.0529 e. The van der Waals surface area contributed by atoms with Crippen LogP contribution in [0, 0.1) is 13.8 Å². The topological polar surface area (TPSA) is 29.1 Å². The molecule has 1 rings (SSSR count).